The molecule has 1 heterocycles. The van der Waals surface area contributed by atoms with Gasteiger partial charge in [-0.15, -0.1) is 0 Å². The Morgan fingerprint density at radius 3 is 2.73 bits per heavy atom. The van der Waals surface area contributed by atoms with E-state index in [2.05, 4.69) is 4.99 Å². The molecule has 2 N–H and O–H groups in total. The molecule has 15 heavy (non-hydrogen) atoms. The highest BCUT2D eigenvalue weighted by molar-refractivity contribution is 7.90. The molecule has 2 atom stereocenters. The van der Waals surface area contributed by atoms with Crippen molar-refractivity contribution in [2.75, 3.05) is 0 Å². The van der Waals surface area contributed by atoms with Crippen molar-refractivity contribution in [2.45, 2.75) is 30.3 Å². The molecular weight excluding hydrogens is 223 g/mol. The molecule has 0 saturated heterocycles. The standard InChI is InChI=1S/C8H11FN2O3S/c9-8-7(14-5-1-2-5)6(3-4-11-8)15(10,12)13/h3-7H,1-2H2,(H2,10,12,13). The number of ether oxygens (including phenoxy) is 1. The average molecular weight is 234 g/mol. The molecule has 0 radical (unpaired) electrons. The van der Waals surface area contributed by atoms with Gasteiger partial charge >= 0.3 is 0 Å². The molecule has 2 aliphatic rings. The van der Waals surface area contributed by atoms with Crippen LogP contribution in [0.25, 0.3) is 0 Å². The normalized spacial score (nSPS) is 31.5. The van der Waals surface area contributed by atoms with E-state index in [1.807, 2.05) is 0 Å². The van der Waals surface area contributed by atoms with Gasteiger partial charge in [0.15, 0.2) is 0 Å². The molecule has 5 nitrogen and oxygen atoms in total. The van der Waals surface area contributed by atoms with Crippen LogP contribution in [0.3, 0.4) is 0 Å². The van der Waals surface area contributed by atoms with Crippen LogP contribution in [0, 0.1) is 0 Å². The fourth-order valence-corrected chi connectivity index (χ4v) is 2.15. The molecule has 0 spiro atoms. The van der Waals surface area contributed by atoms with Crippen LogP contribution >= 0.6 is 0 Å². The van der Waals surface area contributed by atoms with Crippen LogP contribution in [-0.4, -0.2) is 31.8 Å². The second-order valence-electron chi connectivity index (χ2n) is 3.60. The second-order valence-corrected chi connectivity index (χ2v) is 5.33. The monoisotopic (exact) mass is 234 g/mol. The Bertz CT molecular complexity index is 414. The minimum absolute atomic E-state index is 0.0632. The van der Waals surface area contributed by atoms with E-state index in [-0.39, 0.29) is 6.10 Å². The maximum atomic E-state index is 13.3. The SMILES string of the molecule is NS(=O)(=O)C1C=CN=C(F)C1OC1CC1. The summed E-state index contributed by atoms with van der Waals surface area (Å²) >= 11 is 0. The van der Waals surface area contributed by atoms with Crippen molar-refractivity contribution in [2.24, 2.45) is 10.1 Å². The van der Waals surface area contributed by atoms with Gasteiger partial charge in [0.05, 0.1) is 6.10 Å². The van der Waals surface area contributed by atoms with E-state index in [1.54, 1.807) is 0 Å². The van der Waals surface area contributed by atoms with Crippen LogP contribution < -0.4 is 5.14 Å². The second kappa shape index (κ2) is 3.66. The van der Waals surface area contributed by atoms with Crippen molar-refractivity contribution in [3.8, 4) is 0 Å². The summed E-state index contributed by atoms with van der Waals surface area (Å²) in [7, 11) is -3.86. The number of nitrogens with two attached hydrogens (primary N) is 1. The predicted molar refractivity (Wildman–Crippen MR) is 52.5 cm³/mol. The lowest BCUT2D eigenvalue weighted by Crippen LogP contribution is -2.44. The number of primary sulfonamides is 1. The zero-order chi connectivity index (χ0) is 11.1. The number of nitrogens with zero attached hydrogens (tertiary/aromatic N) is 1. The molecule has 2 unspecified atom stereocenters. The minimum Gasteiger partial charge on any atom is -0.364 e. The molecule has 0 aromatic heterocycles. The first-order valence-electron chi connectivity index (χ1n) is 4.55. The fraction of sp³-hybridized carbons (Fsp3) is 0.625. The summed E-state index contributed by atoms with van der Waals surface area (Å²) in [5, 5.41) is 3.81. The average Bonchev–Trinajstić information content (AvgIpc) is 2.90. The maximum Gasteiger partial charge on any atom is 0.219 e. The summed E-state index contributed by atoms with van der Waals surface area (Å²) in [6, 6.07) is 0. The molecular formula is C8H11FN2O3S. The highest BCUT2D eigenvalue weighted by atomic mass is 32.2. The van der Waals surface area contributed by atoms with Gasteiger partial charge in [0, 0.05) is 6.20 Å². The van der Waals surface area contributed by atoms with Crippen molar-refractivity contribution >= 4 is 16.0 Å². The van der Waals surface area contributed by atoms with Gasteiger partial charge in [-0.25, -0.2) is 18.5 Å². The van der Waals surface area contributed by atoms with Gasteiger partial charge < -0.3 is 4.74 Å². The zero-order valence-corrected chi connectivity index (χ0v) is 8.65. The largest absolute Gasteiger partial charge is 0.364 e. The summed E-state index contributed by atoms with van der Waals surface area (Å²) in [5.41, 5.74) is 0. The van der Waals surface area contributed by atoms with E-state index >= 15 is 0 Å². The lowest BCUT2D eigenvalue weighted by molar-refractivity contribution is 0.0798. The van der Waals surface area contributed by atoms with Gasteiger partial charge in [0.1, 0.15) is 11.4 Å². The lowest BCUT2D eigenvalue weighted by atomic mass is 10.2. The van der Waals surface area contributed by atoms with E-state index in [0.29, 0.717) is 0 Å². The molecule has 84 valence electrons. The van der Waals surface area contributed by atoms with Crippen molar-refractivity contribution in [1.82, 2.24) is 0 Å². The summed E-state index contributed by atoms with van der Waals surface area (Å²) in [6.07, 6.45) is 2.74. The van der Waals surface area contributed by atoms with Crippen LogP contribution in [0.4, 0.5) is 4.39 Å². The highest BCUT2D eigenvalue weighted by Crippen LogP contribution is 2.28. The number of halogens is 1. The summed E-state index contributed by atoms with van der Waals surface area (Å²) in [4.78, 5) is 3.38. The highest BCUT2D eigenvalue weighted by Gasteiger charge is 2.39. The van der Waals surface area contributed by atoms with Crippen LogP contribution in [0.2, 0.25) is 0 Å². The van der Waals surface area contributed by atoms with E-state index in [9.17, 15) is 12.8 Å². The quantitative estimate of drug-likeness (QED) is 0.751. The van der Waals surface area contributed by atoms with Gasteiger partial charge in [-0.1, -0.05) is 0 Å². The predicted octanol–water partition coefficient (Wildman–Crippen LogP) is 0.0864. The van der Waals surface area contributed by atoms with Crippen LogP contribution in [0.1, 0.15) is 12.8 Å². The third-order valence-corrected chi connectivity index (χ3v) is 3.41. The van der Waals surface area contributed by atoms with E-state index < -0.39 is 27.3 Å². The van der Waals surface area contributed by atoms with Crippen LogP contribution in [0.15, 0.2) is 17.3 Å². The number of aliphatic imine (C=N–C) groups is 1. The first-order valence-corrected chi connectivity index (χ1v) is 6.16. The molecule has 0 aromatic carbocycles. The molecule has 1 aliphatic heterocycles. The number of hydrogen-bond acceptors (Lipinski definition) is 4. The topological polar surface area (TPSA) is 81.8 Å². The van der Waals surface area contributed by atoms with Crippen LogP contribution in [-0.2, 0) is 14.8 Å². The zero-order valence-electron chi connectivity index (χ0n) is 7.84. The van der Waals surface area contributed by atoms with E-state index in [4.69, 9.17) is 9.88 Å². The Hall–Kier alpha value is -0.790. The van der Waals surface area contributed by atoms with Gasteiger partial charge in [-0.3, -0.25) is 0 Å². The number of sulfonamides is 1. The summed E-state index contributed by atoms with van der Waals surface area (Å²) in [5.74, 6) is -0.830. The van der Waals surface area contributed by atoms with Gasteiger partial charge in [0.25, 0.3) is 0 Å². The molecule has 0 bridgehead atoms. The van der Waals surface area contributed by atoms with E-state index in [0.717, 1.165) is 19.0 Å². The Kier molecular flexibility index (Phi) is 2.61. The summed E-state index contributed by atoms with van der Waals surface area (Å²) < 4.78 is 40.8. The van der Waals surface area contributed by atoms with Crippen molar-refractivity contribution in [1.29, 1.82) is 0 Å². The Balaban J connectivity index is 2.20. The first-order chi connectivity index (χ1) is 6.98. The molecule has 7 heteroatoms. The molecule has 1 saturated carbocycles. The van der Waals surface area contributed by atoms with E-state index in [1.165, 1.54) is 6.08 Å². The Morgan fingerprint density at radius 2 is 2.20 bits per heavy atom. The Morgan fingerprint density at radius 1 is 1.53 bits per heavy atom. The third-order valence-electron chi connectivity index (χ3n) is 2.25. The number of rotatable bonds is 3. The van der Waals surface area contributed by atoms with Crippen molar-refractivity contribution in [3.63, 3.8) is 0 Å². The van der Waals surface area contributed by atoms with Gasteiger partial charge in [-0.05, 0) is 18.9 Å². The number of hydrogen-bond donors (Lipinski definition) is 1. The molecule has 2 rings (SSSR count). The molecule has 0 aromatic rings. The smallest absolute Gasteiger partial charge is 0.219 e. The maximum absolute atomic E-state index is 13.3. The summed E-state index contributed by atoms with van der Waals surface area (Å²) in [6.45, 7) is 0. The van der Waals surface area contributed by atoms with Gasteiger partial charge in [-0.2, -0.15) is 4.39 Å². The van der Waals surface area contributed by atoms with Gasteiger partial charge in [0.2, 0.25) is 16.0 Å². The minimum atomic E-state index is -3.86. The molecule has 1 fully saturated rings. The molecule has 1 aliphatic carbocycles. The van der Waals surface area contributed by atoms with Crippen molar-refractivity contribution < 1.29 is 17.5 Å². The van der Waals surface area contributed by atoms with Crippen molar-refractivity contribution in [3.05, 3.63) is 12.3 Å². The molecule has 0 amide bonds. The van der Waals surface area contributed by atoms with Crippen LogP contribution in [0.5, 0.6) is 0 Å². The Labute approximate surface area is 86.9 Å². The first kappa shape index (κ1) is 10.7. The fourth-order valence-electron chi connectivity index (χ4n) is 1.34. The third kappa shape index (κ3) is 2.42. The lowest BCUT2D eigenvalue weighted by Gasteiger charge is -2.23.